The molecule has 0 bridgehead atoms. The summed E-state index contributed by atoms with van der Waals surface area (Å²) in [6.45, 7) is 7.68. The number of aromatic nitrogens is 3. The van der Waals surface area contributed by atoms with Gasteiger partial charge >= 0.3 is 5.69 Å². The molecule has 5 rings (SSSR count). The highest BCUT2D eigenvalue weighted by atomic mass is 16.2. The van der Waals surface area contributed by atoms with Gasteiger partial charge in [-0.15, -0.1) is 0 Å². The molecule has 7 nitrogen and oxygen atoms in total. The van der Waals surface area contributed by atoms with E-state index in [-0.39, 0.29) is 29.0 Å². The Morgan fingerprint density at radius 2 is 1.85 bits per heavy atom. The van der Waals surface area contributed by atoms with Crippen LogP contribution in [0.15, 0.2) is 41.2 Å². The van der Waals surface area contributed by atoms with Gasteiger partial charge in [-0.25, -0.2) is 9.78 Å². The molecule has 180 valence electrons. The van der Waals surface area contributed by atoms with E-state index in [0.717, 1.165) is 49.1 Å². The van der Waals surface area contributed by atoms with Crippen molar-refractivity contribution in [3.05, 3.63) is 52.4 Å². The number of carbonyl (C=O) groups is 1. The van der Waals surface area contributed by atoms with E-state index in [1.54, 1.807) is 11.6 Å². The highest BCUT2D eigenvalue weighted by Crippen LogP contribution is 2.34. The van der Waals surface area contributed by atoms with Crippen LogP contribution in [-0.2, 0) is 24.8 Å². The van der Waals surface area contributed by atoms with Crippen molar-refractivity contribution in [2.45, 2.75) is 65.5 Å². The number of hydrogen-bond acceptors (Lipinski definition) is 4. The van der Waals surface area contributed by atoms with E-state index in [0.29, 0.717) is 18.7 Å². The number of aryl methyl sites for hydroxylation is 1. The van der Waals surface area contributed by atoms with Crippen LogP contribution >= 0.6 is 0 Å². The minimum absolute atomic E-state index is 0.0205. The molecule has 3 aromatic rings. The molecule has 0 radical (unpaired) electrons. The SMILES string of the molecule is Cn1c(=O)n(CC(C)(C)C)c2ccc(N3CC(NC(=O)C4CCCC4)Cc4ccccc43)nc21. The summed E-state index contributed by atoms with van der Waals surface area (Å²) in [5, 5.41) is 3.32. The fourth-order valence-electron chi connectivity index (χ4n) is 5.46. The minimum atomic E-state index is -0.0460. The van der Waals surface area contributed by atoms with Gasteiger partial charge in [-0.05, 0) is 48.4 Å². The van der Waals surface area contributed by atoms with Gasteiger partial charge < -0.3 is 10.2 Å². The van der Waals surface area contributed by atoms with E-state index in [9.17, 15) is 9.59 Å². The first-order valence-electron chi connectivity index (χ1n) is 12.4. The fourth-order valence-corrected chi connectivity index (χ4v) is 5.46. The summed E-state index contributed by atoms with van der Waals surface area (Å²) in [7, 11) is 1.79. The molecule has 0 spiro atoms. The molecule has 1 atom stereocenters. The van der Waals surface area contributed by atoms with Gasteiger partial charge in [0, 0.05) is 31.7 Å². The van der Waals surface area contributed by atoms with Crippen molar-refractivity contribution in [3.8, 4) is 0 Å². The number of hydrogen-bond donors (Lipinski definition) is 1. The predicted molar refractivity (Wildman–Crippen MR) is 135 cm³/mol. The number of nitrogens with zero attached hydrogens (tertiary/aromatic N) is 4. The van der Waals surface area contributed by atoms with Gasteiger partial charge in [0.2, 0.25) is 5.91 Å². The fraction of sp³-hybridized carbons (Fsp3) is 0.519. The van der Waals surface area contributed by atoms with Gasteiger partial charge in [0.25, 0.3) is 0 Å². The van der Waals surface area contributed by atoms with Gasteiger partial charge in [0.1, 0.15) is 5.82 Å². The molecule has 2 aromatic heterocycles. The molecule has 3 heterocycles. The summed E-state index contributed by atoms with van der Waals surface area (Å²) in [5.74, 6) is 1.13. The van der Waals surface area contributed by atoms with Gasteiger partial charge in [0.05, 0.1) is 11.6 Å². The Kier molecular flexibility index (Phi) is 5.74. The van der Waals surface area contributed by atoms with Crippen molar-refractivity contribution in [1.29, 1.82) is 0 Å². The molecule has 1 saturated carbocycles. The van der Waals surface area contributed by atoms with Gasteiger partial charge in [0.15, 0.2) is 5.65 Å². The molecule has 0 saturated heterocycles. The average molecular weight is 462 g/mol. The van der Waals surface area contributed by atoms with Crippen LogP contribution in [-0.4, -0.2) is 32.6 Å². The lowest BCUT2D eigenvalue weighted by Crippen LogP contribution is -2.48. The normalized spacial score (nSPS) is 18.9. The molecule has 7 heteroatoms. The summed E-state index contributed by atoms with van der Waals surface area (Å²) in [6.07, 6.45) is 5.10. The molecule has 1 unspecified atom stereocenters. The maximum Gasteiger partial charge on any atom is 0.330 e. The highest BCUT2D eigenvalue weighted by Gasteiger charge is 2.30. The zero-order valence-corrected chi connectivity index (χ0v) is 20.7. The molecule has 2 aliphatic rings. The van der Waals surface area contributed by atoms with Crippen LogP contribution in [0.2, 0.25) is 0 Å². The maximum atomic E-state index is 13.0. The molecule has 1 aliphatic heterocycles. The van der Waals surface area contributed by atoms with Crippen LogP contribution in [0.1, 0.15) is 52.0 Å². The third kappa shape index (κ3) is 4.24. The lowest BCUT2D eigenvalue weighted by Gasteiger charge is -2.36. The Hall–Kier alpha value is -3.09. The zero-order valence-electron chi connectivity index (χ0n) is 20.7. The molecule has 1 aromatic carbocycles. The van der Waals surface area contributed by atoms with E-state index in [1.165, 1.54) is 5.56 Å². The van der Waals surface area contributed by atoms with E-state index >= 15 is 0 Å². The summed E-state index contributed by atoms with van der Waals surface area (Å²) in [6, 6.07) is 12.4. The number of imidazole rings is 1. The number of amides is 1. The van der Waals surface area contributed by atoms with Crippen LogP contribution < -0.4 is 15.9 Å². The first-order valence-corrected chi connectivity index (χ1v) is 12.4. The van der Waals surface area contributed by atoms with Crippen molar-refractivity contribution in [2.24, 2.45) is 18.4 Å². The second-order valence-corrected chi connectivity index (χ2v) is 11.1. The Labute approximate surface area is 200 Å². The second-order valence-electron chi connectivity index (χ2n) is 11.1. The number of rotatable bonds is 4. The maximum absolute atomic E-state index is 13.0. The largest absolute Gasteiger partial charge is 0.351 e. The van der Waals surface area contributed by atoms with E-state index in [4.69, 9.17) is 4.98 Å². The lowest BCUT2D eigenvalue weighted by molar-refractivity contribution is -0.125. The Balaban J connectivity index is 1.50. The van der Waals surface area contributed by atoms with Crippen molar-refractivity contribution in [2.75, 3.05) is 11.4 Å². The Morgan fingerprint density at radius 3 is 2.59 bits per heavy atom. The molecule has 1 amide bonds. The predicted octanol–water partition coefficient (Wildman–Crippen LogP) is 4.15. The Morgan fingerprint density at radius 1 is 1.12 bits per heavy atom. The number of para-hydroxylation sites is 1. The Bertz CT molecular complexity index is 1280. The minimum Gasteiger partial charge on any atom is -0.351 e. The molecule has 34 heavy (non-hydrogen) atoms. The second kappa shape index (κ2) is 8.60. The van der Waals surface area contributed by atoms with Gasteiger partial charge in [-0.3, -0.25) is 13.9 Å². The van der Waals surface area contributed by atoms with E-state index < -0.39 is 0 Å². The number of nitrogens with one attached hydrogen (secondary N) is 1. The summed E-state index contributed by atoms with van der Waals surface area (Å²) in [5.41, 5.74) is 3.78. The lowest BCUT2D eigenvalue weighted by atomic mass is 9.96. The molecule has 1 fully saturated rings. The van der Waals surface area contributed by atoms with E-state index in [1.807, 2.05) is 28.8 Å². The van der Waals surface area contributed by atoms with Crippen LogP contribution in [0.4, 0.5) is 11.5 Å². The molecular formula is C27H35N5O2. The zero-order chi connectivity index (χ0) is 24.0. The highest BCUT2D eigenvalue weighted by molar-refractivity contribution is 5.80. The summed E-state index contributed by atoms with van der Waals surface area (Å²) in [4.78, 5) is 33.0. The van der Waals surface area contributed by atoms with Crippen molar-refractivity contribution in [3.63, 3.8) is 0 Å². The van der Waals surface area contributed by atoms with Gasteiger partial charge in [-0.2, -0.15) is 0 Å². The average Bonchev–Trinajstić information content (AvgIpc) is 3.42. The standard InChI is InChI=1S/C27H35N5O2/c1-27(2,3)17-32-22-13-14-23(29-24(22)30(4)26(32)34)31-16-20(15-19-11-7-8-12-21(19)31)28-25(33)18-9-5-6-10-18/h7-8,11-14,18,20H,5-6,9-10,15-17H2,1-4H3,(H,28,33). The summed E-state index contributed by atoms with van der Waals surface area (Å²) >= 11 is 0. The number of fused-ring (bicyclic) bond motifs is 2. The van der Waals surface area contributed by atoms with Crippen LogP contribution in [0.3, 0.4) is 0 Å². The monoisotopic (exact) mass is 461 g/mol. The number of benzene rings is 1. The van der Waals surface area contributed by atoms with Crippen molar-refractivity contribution < 1.29 is 4.79 Å². The van der Waals surface area contributed by atoms with E-state index in [2.05, 4.69) is 43.1 Å². The topological polar surface area (TPSA) is 72.2 Å². The van der Waals surface area contributed by atoms with Crippen LogP contribution in [0.25, 0.3) is 11.2 Å². The quantitative estimate of drug-likeness (QED) is 0.634. The summed E-state index contributed by atoms with van der Waals surface area (Å²) < 4.78 is 3.46. The number of carbonyl (C=O) groups excluding carboxylic acids is 1. The smallest absolute Gasteiger partial charge is 0.330 e. The number of anilines is 2. The molecule has 1 N–H and O–H groups in total. The first kappa shape index (κ1) is 22.7. The van der Waals surface area contributed by atoms with Crippen molar-refractivity contribution in [1.82, 2.24) is 19.4 Å². The third-order valence-electron chi connectivity index (χ3n) is 7.10. The third-order valence-corrected chi connectivity index (χ3v) is 7.10. The van der Waals surface area contributed by atoms with Crippen LogP contribution in [0.5, 0.6) is 0 Å². The molecule has 1 aliphatic carbocycles. The molecular weight excluding hydrogens is 426 g/mol. The van der Waals surface area contributed by atoms with Crippen molar-refractivity contribution >= 4 is 28.6 Å². The first-order chi connectivity index (χ1) is 16.2. The van der Waals surface area contributed by atoms with Crippen LogP contribution in [0, 0.1) is 11.3 Å². The van der Waals surface area contributed by atoms with Gasteiger partial charge in [-0.1, -0.05) is 51.8 Å². The number of pyridine rings is 1.